The predicted octanol–water partition coefficient (Wildman–Crippen LogP) is 5.43. The molecule has 17 heavy (non-hydrogen) atoms. The summed E-state index contributed by atoms with van der Waals surface area (Å²) in [6.45, 7) is 2.21. The fraction of sp³-hybridized carbons (Fsp3) is 0.200. The SMILES string of the molecule is C[C@@H](c1ccccc1)C(Br)(Br)c1ccccc1. The van der Waals surface area contributed by atoms with E-state index in [1.807, 2.05) is 12.1 Å². The van der Waals surface area contributed by atoms with Crippen LogP contribution in [0, 0.1) is 0 Å². The molecule has 0 aliphatic carbocycles. The van der Waals surface area contributed by atoms with E-state index in [2.05, 4.69) is 87.3 Å². The minimum atomic E-state index is -0.220. The highest BCUT2D eigenvalue weighted by Gasteiger charge is 2.33. The van der Waals surface area contributed by atoms with Crippen molar-refractivity contribution in [3.8, 4) is 0 Å². The van der Waals surface area contributed by atoms with Crippen molar-refractivity contribution < 1.29 is 0 Å². The van der Waals surface area contributed by atoms with Crippen molar-refractivity contribution >= 4 is 31.9 Å². The van der Waals surface area contributed by atoms with Crippen molar-refractivity contribution in [2.45, 2.75) is 16.1 Å². The van der Waals surface area contributed by atoms with Gasteiger partial charge in [-0.25, -0.2) is 0 Å². The number of hydrogen-bond acceptors (Lipinski definition) is 0. The molecule has 2 aromatic carbocycles. The zero-order chi connectivity index (χ0) is 12.3. The summed E-state index contributed by atoms with van der Waals surface area (Å²) in [4.78, 5) is 0. The van der Waals surface area contributed by atoms with Crippen molar-refractivity contribution in [1.82, 2.24) is 0 Å². The quantitative estimate of drug-likeness (QED) is 0.645. The number of benzene rings is 2. The second-order valence-electron chi connectivity index (χ2n) is 4.12. The van der Waals surface area contributed by atoms with Gasteiger partial charge < -0.3 is 0 Å². The van der Waals surface area contributed by atoms with E-state index in [9.17, 15) is 0 Å². The van der Waals surface area contributed by atoms with Gasteiger partial charge in [0.25, 0.3) is 0 Å². The molecule has 0 spiro atoms. The lowest BCUT2D eigenvalue weighted by molar-refractivity contribution is 0.716. The van der Waals surface area contributed by atoms with Crippen LogP contribution in [0.15, 0.2) is 60.7 Å². The first-order chi connectivity index (χ1) is 8.12. The number of alkyl halides is 2. The summed E-state index contributed by atoms with van der Waals surface area (Å²) >= 11 is 7.62. The predicted molar refractivity (Wildman–Crippen MR) is 80.8 cm³/mol. The first-order valence-electron chi connectivity index (χ1n) is 5.60. The summed E-state index contributed by atoms with van der Waals surface area (Å²) in [5, 5.41) is 0. The summed E-state index contributed by atoms with van der Waals surface area (Å²) in [7, 11) is 0. The molecule has 2 aromatic rings. The smallest absolute Gasteiger partial charge is 0.0668 e. The molecule has 0 aliphatic heterocycles. The Morgan fingerprint density at radius 1 is 0.824 bits per heavy atom. The number of halogens is 2. The van der Waals surface area contributed by atoms with Crippen LogP contribution in [-0.2, 0) is 3.23 Å². The molecule has 0 nitrogen and oxygen atoms in total. The fourth-order valence-electron chi connectivity index (χ4n) is 1.86. The van der Waals surface area contributed by atoms with E-state index >= 15 is 0 Å². The van der Waals surface area contributed by atoms with Crippen LogP contribution in [0.25, 0.3) is 0 Å². The Kier molecular flexibility index (Phi) is 4.05. The van der Waals surface area contributed by atoms with E-state index < -0.39 is 0 Å². The van der Waals surface area contributed by atoms with E-state index in [4.69, 9.17) is 0 Å². The van der Waals surface area contributed by atoms with Gasteiger partial charge in [-0.15, -0.1) is 0 Å². The zero-order valence-electron chi connectivity index (χ0n) is 9.61. The van der Waals surface area contributed by atoms with Crippen LogP contribution in [0.1, 0.15) is 24.0 Å². The normalized spacial score (nSPS) is 13.4. The Morgan fingerprint density at radius 3 is 1.82 bits per heavy atom. The lowest BCUT2D eigenvalue weighted by Crippen LogP contribution is -2.17. The second kappa shape index (κ2) is 5.36. The summed E-state index contributed by atoms with van der Waals surface area (Å²) in [5.41, 5.74) is 2.54. The molecule has 0 saturated heterocycles. The Labute approximate surface area is 119 Å². The Hall–Kier alpha value is -0.600. The van der Waals surface area contributed by atoms with Gasteiger partial charge in [-0.3, -0.25) is 0 Å². The highest BCUT2D eigenvalue weighted by Crippen LogP contribution is 2.49. The highest BCUT2D eigenvalue weighted by atomic mass is 79.9. The molecule has 0 saturated carbocycles. The molecule has 0 fully saturated rings. The van der Waals surface area contributed by atoms with Crippen molar-refractivity contribution in [2.24, 2.45) is 0 Å². The zero-order valence-corrected chi connectivity index (χ0v) is 12.8. The van der Waals surface area contributed by atoms with E-state index in [0.29, 0.717) is 5.92 Å². The lowest BCUT2D eigenvalue weighted by Gasteiger charge is -2.28. The van der Waals surface area contributed by atoms with Gasteiger partial charge in [0.15, 0.2) is 0 Å². The van der Waals surface area contributed by atoms with E-state index in [1.165, 1.54) is 11.1 Å². The molecule has 1 atom stereocenters. The van der Waals surface area contributed by atoms with Crippen molar-refractivity contribution in [1.29, 1.82) is 0 Å². The lowest BCUT2D eigenvalue weighted by atomic mass is 9.93. The van der Waals surface area contributed by atoms with Crippen LogP contribution in [-0.4, -0.2) is 0 Å². The first kappa shape index (κ1) is 12.8. The Balaban J connectivity index is 2.33. The third-order valence-electron chi connectivity index (χ3n) is 3.00. The van der Waals surface area contributed by atoms with Gasteiger partial charge in [0.2, 0.25) is 0 Å². The van der Waals surface area contributed by atoms with E-state index in [-0.39, 0.29) is 3.23 Å². The summed E-state index contributed by atoms with van der Waals surface area (Å²) < 4.78 is -0.220. The molecular weight excluding hydrogens is 340 g/mol. The molecule has 0 bridgehead atoms. The maximum Gasteiger partial charge on any atom is 0.112 e. The van der Waals surface area contributed by atoms with Crippen LogP contribution in [0.2, 0.25) is 0 Å². The molecule has 2 rings (SSSR count). The number of hydrogen-bond donors (Lipinski definition) is 0. The van der Waals surface area contributed by atoms with Gasteiger partial charge in [-0.05, 0) is 11.1 Å². The summed E-state index contributed by atoms with van der Waals surface area (Å²) in [6, 6.07) is 20.9. The fourth-order valence-corrected chi connectivity index (χ4v) is 2.92. The minimum absolute atomic E-state index is 0.220. The maximum absolute atomic E-state index is 3.81. The van der Waals surface area contributed by atoms with E-state index in [0.717, 1.165) is 0 Å². The molecule has 0 aromatic heterocycles. The van der Waals surface area contributed by atoms with Crippen LogP contribution < -0.4 is 0 Å². The van der Waals surface area contributed by atoms with Crippen molar-refractivity contribution in [3.05, 3.63) is 71.8 Å². The summed E-state index contributed by atoms with van der Waals surface area (Å²) in [6.07, 6.45) is 0. The maximum atomic E-state index is 3.81. The molecule has 0 N–H and O–H groups in total. The first-order valence-corrected chi connectivity index (χ1v) is 7.19. The molecule has 0 amide bonds. The Morgan fingerprint density at radius 2 is 1.29 bits per heavy atom. The highest BCUT2D eigenvalue weighted by molar-refractivity contribution is 9.24. The van der Waals surface area contributed by atoms with Gasteiger partial charge in [-0.2, -0.15) is 0 Å². The van der Waals surface area contributed by atoms with E-state index in [1.54, 1.807) is 0 Å². The average molecular weight is 354 g/mol. The second-order valence-corrected chi connectivity index (χ2v) is 7.69. The molecule has 0 radical (unpaired) electrons. The third kappa shape index (κ3) is 2.80. The van der Waals surface area contributed by atoms with Crippen LogP contribution >= 0.6 is 31.9 Å². The van der Waals surface area contributed by atoms with Gasteiger partial charge in [-0.1, -0.05) is 99.4 Å². The van der Waals surface area contributed by atoms with Gasteiger partial charge >= 0.3 is 0 Å². The van der Waals surface area contributed by atoms with Crippen LogP contribution in [0.3, 0.4) is 0 Å². The Bertz CT molecular complexity index is 463. The monoisotopic (exact) mass is 352 g/mol. The molecule has 0 unspecified atom stereocenters. The average Bonchev–Trinajstić information content (AvgIpc) is 2.40. The van der Waals surface area contributed by atoms with Crippen molar-refractivity contribution in [2.75, 3.05) is 0 Å². The molecule has 0 aliphatic rings. The van der Waals surface area contributed by atoms with Crippen LogP contribution in [0.4, 0.5) is 0 Å². The standard InChI is InChI=1S/C15H14Br2/c1-12(13-8-4-2-5-9-13)15(16,17)14-10-6-3-7-11-14/h2-12H,1H3/t12-/m0/s1. The van der Waals surface area contributed by atoms with Crippen LogP contribution in [0.5, 0.6) is 0 Å². The van der Waals surface area contributed by atoms with Gasteiger partial charge in [0, 0.05) is 5.92 Å². The molecule has 88 valence electrons. The molecular formula is C15H14Br2. The molecule has 0 heterocycles. The largest absolute Gasteiger partial charge is 0.112 e. The topological polar surface area (TPSA) is 0 Å². The third-order valence-corrected chi connectivity index (χ3v) is 5.29. The van der Waals surface area contributed by atoms with Crippen molar-refractivity contribution in [3.63, 3.8) is 0 Å². The minimum Gasteiger partial charge on any atom is -0.0668 e. The summed E-state index contributed by atoms with van der Waals surface area (Å²) in [5.74, 6) is 0.339. The van der Waals surface area contributed by atoms with Gasteiger partial charge in [0.05, 0.1) is 0 Å². The number of rotatable bonds is 3. The molecule has 2 heteroatoms. The van der Waals surface area contributed by atoms with Gasteiger partial charge in [0.1, 0.15) is 3.23 Å².